The zero-order chi connectivity index (χ0) is 9.61. The fourth-order valence-electron chi connectivity index (χ4n) is 0.705. The number of rotatable bonds is 5. The largest absolute Gasteiger partial charge is 0.389 e. The fraction of sp³-hybridized carbons (Fsp3) is 0.857. The van der Waals surface area contributed by atoms with E-state index in [9.17, 15) is 18.0 Å². The molecular formula is C7H12F3NO. The van der Waals surface area contributed by atoms with Crippen LogP contribution in [0.1, 0.15) is 25.7 Å². The molecule has 0 radical (unpaired) electrons. The molecule has 0 aliphatic heterocycles. The number of hydrogen-bond donors (Lipinski definition) is 1. The number of ketones is 1. The molecule has 0 heterocycles. The smallest absolute Gasteiger partial charge is 0.330 e. The highest BCUT2D eigenvalue weighted by Crippen LogP contribution is 2.21. The molecule has 2 nitrogen and oxygen atoms in total. The van der Waals surface area contributed by atoms with Crippen LogP contribution in [0.3, 0.4) is 0 Å². The summed E-state index contributed by atoms with van der Waals surface area (Å²) in [5, 5.41) is 0. The van der Waals surface area contributed by atoms with Gasteiger partial charge in [0.25, 0.3) is 0 Å². The van der Waals surface area contributed by atoms with Gasteiger partial charge < -0.3 is 5.73 Å². The summed E-state index contributed by atoms with van der Waals surface area (Å²) < 4.78 is 34.7. The van der Waals surface area contributed by atoms with Crippen LogP contribution in [0, 0.1) is 0 Å². The quantitative estimate of drug-likeness (QED) is 0.704. The van der Waals surface area contributed by atoms with E-state index in [-0.39, 0.29) is 12.2 Å². The molecular weight excluding hydrogens is 171 g/mol. The summed E-state index contributed by atoms with van der Waals surface area (Å²) in [4.78, 5) is 10.7. The van der Waals surface area contributed by atoms with Gasteiger partial charge in [-0.1, -0.05) is 0 Å². The molecule has 0 rings (SSSR count). The molecule has 0 saturated heterocycles. The summed E-state index contributed by atoms with van der Waals surface area (Å²) in [6.07, 6.45) is -5.03. The van der Waals surface area contributed by atoms with Gasteiger partial charge in [0.1, 0.15) is 5.78 Å². The van der Waals surface area contributed by atoms with Crippen molar-refractivity contribution in [3.63, 3.8) is 0 Å². The van der Waals surface area contributed by atoms with Crippen LogP contribution in [0.2, 0.25) is 0 Å². The van der Waals surface area contributed by atoms with E-state index in [2.05, 4.69) is 0 Å². The molecule has 0 aromatic heterocycles. The zero-order valence-electron chi connectivity index (χ0n) is 6.66. The summed E-state index contributed by atoms with van der Waals surface area (Å²) >= 11 is 0. The Kier molecular flexibility index (Phi) is 4.89. The first-order valence-corrected chi connectivity index (χ1v) is 3.74. The van der Waals surface area contributed by atoms with Crippen molar-refractivity contribution in [2.45, 2.75) is 31.9 Å². The molecule has 5 heteroatoms. The molecule has 0 aromatic rings. The lowest BCUT2D eigenvalue weighted by atomic mass is 10.1. The third kappa shape index (κ3) is 7.53. The zero-order valence-corrected chi connectivity index (χ0v) is 6.66. The van der Waals surface area contributed by atoms with Crippen LogP contribution in [-0.4, -0.2) is 18.5 Å². The van der Waals surface area contributed by atoms with Crippen molar-refractivity contribution in [2.75, 3.05) is 6.54 Å². The van der Waals surface area contributed by atoms with E-state index in [0.29, 0.717) is 13.0 Å². The van der Waals surface area contributed by atoms with E-state index >= 15 is 0 Å². The second-order valence-corrected chi connectivity index (χ2v) is 2.55. The minimum absolute atomic E-state index is 0.159. The van der Waals surface area contributed by atoms with Crippen LogP contribution in [0.15, 0.2) is 0 Å². The van der Waals surface area contributed by atoms with Crippen molar-refractivity contribution in [1.29, 1.82) is 0 Å². The Morgan fingerprint density at radius 3 is 2.25 bits per heavy atom. The van der Waals surface area contributed by atoms with Crippen molar-refractivity contribution in [3.8, 4) is 0 Å². The number of hydrogen-bond acceptors (Lipinski definition) is 2. The first-order chi connectivity index (χ1) is 5.45. The Bertz CT molecular complexity index is 144. The topological polar surface area (TPSA) is 43.1 Å². The lowest BCUT2D eigenvalue weighted by molar-refractivity contribution is -0.143. The Morgan fingerprint density at radius 2 is 1.83 bits per heavy atom. The minimum Gasteiger partial charge on any atom is -0.330 e. The molecule has 0 aromatic carbocycles. The van der Waals surface area contributed by atoms with Crippen LogP contribution in [-0.2, 0) is 4.79 Å². The van der Waals surface area contributed by atoms with Crippen LogP contribution in [0.5, 0.6) is 0 Å². The lowest BCUT2D eigenvalue weighted by Gasteiger charge is -2.04. The minimum atomic E-state index is -4.22. The van der Waals surface area contributed by atoms with Crippen molar-refractivity contribution >= 4 is 5.78 Å². The van der Waals surface area contributed by atoms with E-state index in [0.717, 1.165) is 0 Å². The Hall–Kier alpha value is -0.580. The number of Topliss-reactive ketones (excluding diaryl/α,β-unsaturated/α-hetero) is 1. The number of carbonyl (C=O) groups excluding carboxylic acids is 1. The van der Waals surface area contributed by atoms with Gasteiger partial charge in [-0.15, -0.1) is 0 Å². The third-order valence-corrected chi connectivity index (χ3v) is 1.35. The van der Waals surface area contributed by atoms with Gasteiger partial charge in [-0.3, -0.25) is 4.79 Å². The van der Waals surface area contributed by atoms with Crippen LogP contribution >= 0.6 is 0 Å². The molecule has 0 unspecified atom stereocenters. The highest BCUT2D eigenvalue weighted by atomic mass is 19.4. The maximum Gasteiger partial charge on any atom is 0.389 e. The number of alkyl halides is 3. The van der Waals surface area contributed by atoms with Gasteiger partial charge in [0.2, 0.25) is 0 Å². The van der Waals surface area contributed by atoms with Gasteiger partial charge >= 0.3 is 6.18 Å². The van der Waals surface area contributed by atoms with E-state index in [1.165, 1.54) is 0 Å². The summed E-state index contributed by atoms with van der Waals surface area (Å²) in [5.74, 6) is -0.363. The fourth-order valence-corrected chi connectivity index (χ4v) is 0.705. The van der Waals surface area contributed by atoms with Gasteiger partial charge in [-0.2, -0.15) is 13.2 Å². The van der Waals surface area contributed by atoms with Crippen molar-refractivity contribution < 1.29 is 18.0 Å². The first-order valence-electron chi connectivity index (χ1n) is 3.74. The van der Waals surface area contributed by atoms with E-state index in [1.54, 1.807) is 0 Å². The highest BCUT2D eigenvalue weighted by Gasteiger charge is 2.27. The number of halogens is 3. The summed E-state index contributed by atoms with van der Waals surface area (Å²) in [5.41, 5.74) is 5.08. The van der Waals surface area contributed by atoms with Crippen LogP contribution < -0.4 is 5.73 Å². The van der Waals surface area contributed by atoms with Gasteiger partial charge in [-0.05, 0) is 13.0 Å². The van der Waals surface area contributed by atoms with Crippen LogP contribution in [0.25, 0.3) is 0 Å². The Balaban J connectivity index is 3.44. The van der Waals surface area contributed by atoms with Gasteiger partial charge in [-0.25, -0.2) is 0 Å². The third-order valence-electron chi connectivity index (χ3n) is 1.35. The molecule has 0 fully saturated rings. The SMILES string of the molecule is NCCCC(=O)CCC(F)(F)F. The Morgan fingerprint density at radius 1 is 1.25 bits per heavy atom. The van der Waals surface area contributed by atoms with Gasteiger partial charge in [0.15, 0.2) is 0 Å². The monoisotopic (exact) mass is 183 g/mol. The molecule has 0 saturated carbocycles. The predicted molar refractivity (Wildman–Crippen MR) is 38.6 cm³/mol. The lowest BCUT2D eigenvalue weighted by Crippen LogP contribution is -2.11. The molecule has 0 bridgehead atoms. The normalized spacial score (nSPS) is 11.7. The standard InChI is InChI=1S/C7H12F3NO/c8-7(9,10)4-3-6(12)2-1-5-11/h1-5,11H2. The second kappa shape index (κ2) is 5.13. The van der Waals surface area contributed by atoms with Crippen LogP contribution in [0.4, 0.5) is 13.2 Å². The number of nitrogens with two attached hydrogens (primary N) is 1. The molecule has 0 atom stereocenters. The maximum absolute atomic E-state index is 11.6. The van der Waals surface area contributed by atoms with Crippen molar-refractivity contribution in [1.82, 2.24) is 0 Å². The van der Waals surface area contributed by atoms with Gasteiger partial charge in [0.05, 0.1) is 6.42 Å². The molecule has 0 spiro atoms. The molecule has 12 heavy (non-hydrogen) atoms. The summed E-state index contributed by atoms with van der Waals surface area (Å²) in [6.45, 7) is 0.345. The van der Waals surface area contributed by atoms with E-state index in [1.807, 2.05) is 0 Å². The van der Waals surface area contributed by atoms with Crippen molar-refractivity contribution in [2.24, 2.45) is 5.73 Å². The van der Waals surface area contributed by atoms with Gasteiger partial charge in [0, 0.05) is 12.8 Å². The average Bonchev–Trinajstić information content (AvgIpc) is 1.95. The highest BCUT2D eigenvalue weighted by molar-refractivity contribution is 5.78. The van der Waals surface area contributed by atoms with E-state index < -0.39 is 19.0 Å². The number of carbonyl (C=O) groups is 1. The summed E-state index contributed by atoms with van der Waals surface area (Å²) in [7, 11) is 0. The van der Waals surface area contributed by atoms with Crippen molar-refractivity contribution in [3.05, 3.63) is 0 Å². The second-order valence-electron chi connectivity index (χ2n) is 2.55. The average molecular weight is 183 g/mol. The molecule has 0 amide bonds. The molecule has 2 N–H and O–H groups in total. The molecule has 0 aliphatic carbocycles. The maximum atomic E-state index is 11.6. The molecule has 0 aliphatic rings. The molecule has 72 valence electrons. The first kappa shape index (κ1) is 11.4. The predicted octanol–water partition coefficient (Wildman–Crippen LogP) is 1.64. The summed E-state index contributed by atoms with van der Waals surface area (Å²) in [6, 6.07) is 0. The van der Waals surface area contributed by atoms with E-state index in [4.69, 9.17) is 5.73 Å². The Labute approximate surface area is 68.9 Å².